The third kappa shape index (κ3) is 6.05. The molecule has 2 saturated heterocycles. The number of alkyl halides is 3. The summed E-state index contributed by atoms with van der Waals surface area (Å²) in [6.45, 7) is 18.4. The fourth-order valence-corrected chi connectivity index (χ4v) is 5.16. The summed E-state index contributed by atoms with van der Waals surface area (Å²) >= 11 is 0. The minimum atomic E-state index is -4.37. The highest BCUT2D eigenvalue weighted by molar-refractivity contribution is 5.58. The van der Waals surface area contributed by atoms with Crippen LogP contribution in [0.5, 0.6) is 0 Å². The van der Waals surface area contributed by atoms with E-state index in [-0.39, 0.29) is 0 Å². The van der Waals surface area contributed by atoms with E-state index in [2.05, 4.69) is 34.9 Å². The van der Waals surface area contributed by atoms with Crippen LogP contribution in [0.4, 0.5) is 13.2 Å². The second-order valence-corrected chi connectivity index (χ2v) is 9.80. The first-order valence-electron chi connectivity index (χ1n) is 12.8. The summed E-state index contributed by atoms with van der Waals surface area (Å²) in [4.78, 5) is 9.61. The summed E-state index contributed by atoms with van der Waals surface area (Å²) in [6, 6.07) is 5.58. The van der Waals surface area contributed by atoms with Crippen LogP contribution < -0.4 is 5.32 Å². The fraction of sp³-hybridized carbons (Fsp3) is 0.414. The van der Waals surface area contributed by atoms with E-state index < -0.39 is 11.7 Å². The summed E-state index contributed by atoms with van der Waals surface area (Å²) in [5.74, 6) is 1.54. The summed E-state index contributed by atoms with van der Waals surface area (Å²) in [6.07, 6.45) is 1.38. The van der Waals surface area contributed by atoms with Crippen LogP contribution in [-0.4, -0.2) is 58.7 Å². The van der Waals surface area contributed by atoms with Crippen molar-refractivity contribution >= 4 is 0 Å². The Hall–Kier alpha value is -3.30. The Morgan fingerprint density at radius 3 is 2.45 bits per heavy atom. The van der Waals surface area contributed by atoms with E-state index >= 15 is 0 Å². The first kappa shape index (κ1) is 27.7. The van der Waals surface area contributed by atoms with Gasteiger partial charge in [-0.1, -0.05) is 44.0 Å². The normalized spacial score (nSPS) is 18.8. The lowest BCUT2D eigenvalue weighted by molar-refractivity contribution is -0.137. The Morgan fingerprint density at radius 1 is 1.16 bits per heavy atom. The zero-order valence-electron chi connectivity index (χ0n) is 22.2. The second kappa shape index (κ2) is 11.6. The molecule has 2 aliphatic heterocycles. The number of ether oxygens (including phenoxy) is 1. The molecule has 204 valence electrons. The molecule has 0 radical (unpaired) electrons. The SMILES string of the molecule is C=C/C=C1/CN(C2CCN(Cc3nc(-c4ccc(C(F)(F)F)cc4)n(CCOC)c3C)CC2)C(=C)NC1=C. The van der Waals surface area contributed by atoms with Gasteiger partial charge in [0, 0.05) is 62.8 Å². The van der Waals surface area contributed by atoms with E-state index in [0.29, 0.717) is 37.1 Å². The van der Waals surface area contributed by atoms with E-state index in [0.717, 1.165) is 73.1 Å². The molecule has 0 atom stereocenters. The Labute approximate surface area is 222 Å². The van der Waals surface area contributed by atoms with E-state index in [1.54, 1.807) is 13.2 Å². The number of piperidine rings is 1. The predicted molar refractivity (Wildman–Crippen MR) is 144 cm³/mol. The van der Waals surface area contributed by atoms with Gasteiger partial charge in [0.1, 0.15) is 5.82 Å². The molecule has 1 N–H and O–H groups in total. The molecule has 0 amide bonds. The number of methoxy groups -OCH3 is 1. The number of halogens is 3. The maximum atomic E-state index is 13.1. The van der Waals surface area contributed by atoms with Crippen LogP contribution in [0.2, 0.25) is 0 Å². The average molecular weight is 528 g/mol. The van der Waals surface area contributed by atoms with Crippen LogP contribution in [0, 0.1) is 6.92 Å². The van der Waals surface area contributed by atoms with Gasteiger partial charge in [-0.3, -0.25) is 4.90 Å². The number of likely N-dealkylation sites (tertiary alicyclic amines) is 1. The van der Waals surface area contributed by atoms with Crippen LogP contribution in [0.15, 0.2) is 73.2 Å². The van der Waals surface area contributed by atoms with Crippen molar-refractivity contribution < 1.29 is 17.9 Å². The molecule has 0 saturated carbocycles. The minimum absolute atomic E-state index is 0.371. The Morgan fingerprint density at radius 2 is 1.84 bits per heavy atom. The van der Waals surface area contributed by atoms with Gasteiger partial charge in [-0.25, -0.2) is 4.98 Å². The molecule has 0 unspecified atom stereocenters. The van der Waals surface area contributed by atoms with Crippen molar-refractivity contribution in [1.29, 1.82) is 0 Å². The van der Waals surface area contributed by atoms with Gasteiger partial charge in [0.2, 0.25) is 0 Å². The third-order valence-electron chi connectivity index (χ3n) is 7.37. The van der Waals surface area contributed by atoms with E-state index in [1.807, 2.05) is 17.6 Å². The highest BCUT2D eigenvalue weighted by Crippen LogP contribution is 2.32. The molecule has 2 aliphatic rings. The number of rotatable bonds is 8. The molecule has 38 heavy (non-hydrogen) atoms. The van der Waals surface area contributed by atoms with Crippen LogP contribution >= 0.6 is 0 Å². The number of nitrogens with zero attached hydrogens (tertiary/aromatic N) is 4. The summed E-state index contributed by atoms with van der Waals surface area (Å²) in [5.41, 5.74) is 3.91. The lowest BCUT2D eigenvalue weighted by Gasteiger charge is -2.43. The maximum Gasteiger partial charge on any atom is 0.416 e. The maximum absolute atomic E-state index is 13.1. The molecular formula is C29H36F3N5O. The molecule has 0 spiro atoms. The monoisotopic (exact) mass is 527 g/mol. The van der Waals surface area contributed by atoms with E-state index in [4.69, 9.17) is 9.72 Å². The molecule has 6 nitrogen and oxygen atoms in total. The van der Waals surface area contributed by atoms with Crippen LogP contribution in [-0.2, 0) is 24.0 Å². The topological polar surface area (TPSA) is 45.6 Å². The lowest BCUT2D eigenvalue weighted by atomic mass is 10.00. The molecule has 9 heteroatoms. The Balaban J connectivity index is 1.47. The third-order valence-corrected chi connectivity index (χ3v) is 7.37. The minimum Gasteiger partial charge on any atom is -0.383 e. The van der Waals surface area contributed by atoms with Crippen molar-refractivity contribution in [3.05, 3.63) is 90.2 Å². The van der Waals surface area contributed by atoms with Crippen LogP contribution in [0.1, 0.15) is 29.8 Å². The number of hydrogen-bond donors (Lipinski definition) is 1. The molecule has 3 heterocycles. The standard InChI is InChI=1S/C29H36F3N5O/c1-6-7-24-18-37(22(4)33-20(24)2)26-12-14-35(15-13-26)19-27-21(3)36(16-17-38-5)28(34-27)23-8-10-25(11-9-23)29(30,31)32/h6-11,26,33H,1-2,4,12-19H2,3,5H3/b24-7-. The Kier molecular flexibility index (Phi) is 8.47. The van der Waals surface area contributed by atoms with Gasteiger partial charge in [0.15, 0.2) is 0 Å². The van der Waals surface area contributed by atoms with Crippen molar-refractivity contribution in [3.8, 4) is 11.4 Å². The van der Waals surface area contributed by atoms with Crippen LogP contribution in [0.25, 0.3) is 11.4 Å². The number of aromatic nitrogens is 2. The summed E-state index contributed by atoms with van der Waals surface area (Å²) in [7, 11) is 1.63. The highest BCUT2D eigenvalue weighted by Gasteiger charge is 2.31. The highest BCUT2D eigenvalue weighted by atomic mass is 19.4. The second-order valence-electron chi connectivity index (χ2n) is 9.80. The summed E-state index contributed by atoms with van der Waals surface area (Å²) < 4.78 is 46.5. The van der Waals surface area contributed by atoms with Crippen molar-refractivity contribution in [3.63, 3.8) is 0 Å². The number of allylic oxidation sites excluding steroid dienone is 2. The molecule has 0 aliphatic carbocycles. The zero-order valence-corrected chi connectivity index (χ0v) is 22.2. The number of hydrogen-bond acceptors (Lipinski definition) is 5. The first-order valence-corrected chi connectivity index (χ1v) is 12.8. The predicted octanol–water partition coefficient (Wildman–Crippen LogP) is 5.49. The van der Waals surface area contributed by atoms with Gasteiger partial charge < -0.3 is 19.5 Å². The van der Waals surface area contributed by atoms with Crippen molar-refractivity contribution in [2.75, 3.05) is 33.4 Å². The van der Waals surface area contributed by atoms with Gasteiger partial charge in [0.25, 0.3) is 0 Å². The van der Waals surface area contributed by atoms with Crippen molar-refractivity contribution in [1.82, 2.24) is 24.7 Å². The van der Waals surface area contributed by atoms with E-state index in [1.165, 1.54) is 12.1 Å². The van der Waals surface area contributed by atoms with Gasteiger partial charge in [-0.15, -0.1) is 0 Å². The quantitative estimate of drug-likeness (QED) is 0.492. The number of nitrogens with one attached hydrogen (secondary N) is 1. The molecule has 0 bridgehead atoms. The fourth-order valence-electron chi connectivity index (χ4n) is 5.16. The number of benzene rings is 1. The van der Waals surface area contributed by atoms with Gasteiger partial charge >= 0.3 is 6.18 Å². The zero-order chi connectivity index (χ0) is 27.4. The molecule has 1 aromatic heterocycles. The lowest BCUT2D eigenvalue weighted by Crippen LogP contribution is -2.49. The molecule has 2 aromatic rings. The molecule has 2 fully saturated rings. The van der Waals surface area contributed by atoms with Gasteiger partial charge in [-0.2, -0.15) is 13.2 Å². The van der Waals surface area contributed by atoms with Crippen molar-refractivity contribution in [2.45, 2.75) is 45.1 Å². The molecule has 1 aromatic carbocycles. The van der Waals surface area contributed by atoms with Gasteiger partial charge in [-0.05, 0) is 37.5 Å². The number of imidazole rings is 1. The van der Waals surface area contributed by atoms with Crippen molar-refractivity contribution in [2.24, 2.45) is 0 Å². The Bertz CT molecular complexity index is 1200. The smallest absolute Gasteiger partial charge is 0.383 e. The van der Waals surface area contributed by atoms with Gasteiger partial charge in [0.05, 0.1) is 23.7 Å². The van der Waals surface area contributed by atoms with E-state index in [9.17, 15) is 13.2 Å². The molecular weight excluding hydrogens is 491 g/mol. The van der Waals surface area contributed by atoms with Crippen LogP contribution in [0.3, 0.4) is 0 Å². The first-order chi connectivity index (χ1) is 18.1. The largest absolute Gasteiger partial charge is 0.416 e. The summed E-state index contributed by atoms with van der Waals surface area (Å²) in [5, 5.41) is 3.29. The molecule has 4 rings (SSSR count). The average Bonchev–Trinajstić information content (AvgIpc) is 3.19.